The first kappa shape index (κ1) is 14.5. The van der Waals surface area contributed by atoms with Crippen LogP contribution in [0, 0.1) is 12.7 Å². The normalized spacial score (nSPS) is 10.3. The van der Waals surface area contributed by atoms with Crippen molar-refractivity contribution in [3.63, 3.8) is 0 Å². The number of rotatable bonds is 4. The number of amides is 1. The van der Waals surface area contributed by atoms with Gasteiger partial charge in [-0.2, -0.15) is 0 Å². The van der Waals surface area contributed by atoms with E-state index in [1.165, 1.54) is 0 Å². The second-order valence-corrected chi connectivity index (χ2v) is 5.23. The van der Waals surface area contributed by atoms with Gasteiger partial charge in [0, 0.05) is 27.5 Å². The molecule has 3 N–H and O–H groups in total. The summed E-state index contributed by atoms with van der Waals surface area (Å²) in [5.41, 5.74) is 7.08. The van der Waals surface area contributed by atoms with Crippen molar-refractivity contribution in [1.29, 1.82) is 0 Å². The van der Waals surface area contributed by atoms with Crippen molar-refractivity contribution in [1.82, 2.24) is 4.98 Å². The number of primary amides is 1. The number of hydrogen-bond donors (Lipinski definition) is 2. The highest BCUT2D eigenvalue weighted by Gasteiger charge is 2.10. The molecule has 0 saturated heterocycles. The predicted octanol–water partition coefficient (Wildman–Crippen LogP) is 3.00. The third-order valence-electron chi connectivity index (χ3n) is 2.88. The first-order valence-electron chi connectivity index (χ1n) is 5.91. The zero-order chi connectivity index (χ0) is 14.7. The lowest BCUT2D eigenvalue weighted by atomic mass is 10.1. The Hall–Kier alpha value is -1.95. The summed E-state index contributed by atoms with van der Waals surface area (Å²) in [6.07, 6.45) is 1.68. The summed E-state index contributed by atoms with van der Waals surface area (Å²) in [6, 6.07) is 6.40. The Kier molecular flexibility index (Phi) is 4.34. The summed E-state index contributed by atoms with van der Waals surface area (Å²) < 4.78 is 14.6. The van der Waals surface area contributed by atoms with Crippen molar-refractivity contribution < 1.29 is 9.18 Å². The number of nitrogens with one attached hydrogen (secondary N) is 1. The third-order valence-corrected chi connectivity index (χ3v) is 3.35. The molecule has 0 unspecified atom stereocenters. The molecule has 0 spiro atoms. The number of nitrogens with zero attached hydrogens (tertiary/aromatic N) is 1. The molecule has 4 nitrogen and oxygen atoms in total. The van der Waals surface area contributed by atoms with Gasteiger partial charge >= 0.3 is 0 Å². The average molecular weight is 338 g/mol. The van der Waals surface area contributed by atoms with Crippen molar-refractivity contribution in [3.05, 3.63) is 57.6 Å². The Morgan fingerprint density at radius 3 is 2.80 bits per heavy atom. The highest BCUT2D eigenvalue weighted by atomic mass is 79.9. The lowest BCUT2D eigenvalue weighted by Gasteiger charge is -2.11. The topological polar surface area (TPSA) is 68.0 Å². The van der Waals surface area contributed by atoms with Gasteiger partial charge < -0.3 is 11.1 Å². The van der Waals surface area contributed by atoms with Gasteiger partial charge in [-0.15, -0.1) is 0 Å². The van der Waals surface area contributed by atoms with E-state index >= 15 is 0 Å². The van der Waals surface area contributed by atoms with E-state index in [2.05, 4.69) is 26.2 Å². The zero-order valence-electron chi connectivity index (χ0n) is 10.8. The molecular weight excluding hydrogens is 325 g/mol. The molecule has 0 aliphatic carbocycles. The number of hydrogen-bond acceptors (Lipinski definition) is 3. The highest BCUT2D eigenvalue weighted by molar-refractivity contribution is 9.10. The minimum atomic E-state index is -0.659. The molecular formula is C14H13BrFN3O. The van der Waals surface area contributed by atoms with E-state index in [-0.39, 0.29) is 5.56 Å². The zero-order valence-corrected chi connectivity index (χ0v) is 12.4. The van der Waals surface area contributed by atoms with E-state index in [0.717, 1.165) is 16.2 Å². The van der Waals surface area contributed by atoms with E-state index in [9.17, 15) is 9.18 Å². The number of nitrogens with two attached hydrogens (primary N) is 1. The van der Waals surface area contributed by atoms with Crippen LogP contribution in [0.25, 0.3) is 0 Å². The number of aromatic nitrogens is 1. The first-order valence-corrected chi connectivity index (χ1v) is 6.71. The van der Waals surface area contributed by atoms with E-state index in [1.807, 2.05) is 12.1 Å². The summed E-state index contributed by atoms with van der Waals surface area (Å²) >= 11 is 3.30. The second-order valence-electron chi connectivity index (χ2n) is 4.32. The van der Waals surface area contributed by atoms with E-state index in [4.69, 9.17) is 5.73 Å². The fourth-order valence-corrected chi connectivity index (χ4v) is 1.94. The van der Waals surface area contributed by atoms with Crippen molar-refractivity contribution in [2.75, 3.05) is 5.32 Å². The molecule has 1 amide bonds. The van der Waals surface area contributed by atoms with Gasteiger partial charge in [-0.3, -0.25) is 9.78 Å². The Labute approximate surface area is 124 Å². The molecule has 0 saturated carbocycles. The largest absolute Gasteiger partial charge is 0.379 e. The molecule has 0 radical (unpaired) electrons. The van der Waals surface area contributed by atoms with Crippen LogP contribution in [-0.4, -0.2) is 10.9 Å². The van der Waals surface area contributed by atoms with E-state index < -0.39 is 11.7 Å². The molecule has 0 atom stereocenters. The van der Waals surface area contributed by atoms with E-state index in [0.29, 0.717) is 17.8 Å². The Morgan fingerprint density at radius 2 is 2.20 bits per heavy atom. The molecule has 0 aliphatic heterocycles. The van der Waals surface area contributed by atoms with Crippen molar-refractivity contribution >= 4 is 27.5 Å². The second kappa shape index (κ2) is 6.00. The molecule has 6 heteroatoms. The summed E-state index contributed by atoms with van der Waals surface area (Å²) in [5, 5.41) is 3.06. The van der Waals surface area contributed by atoms with Gasteiger partial charge in [0.2, 0.25) is 5.91 Å². The summed E-state index contributed by atoms with van der Waals surface area (Å²) in [6.45, 7) is 2.06. The van der Waals surface area contributed by atoms with Crippen LogP contribution in [-0.2, 0) is 6.54 Å². The summed E-state index contributed by atoms with van der Waals surface area (Å²) in [4.78, 5) is 15.3. The van der Waals surface area contributed by atoms with Crippen molar-refractivity contribution in [3.8, 4) is 0 Å². The smallest absolute Gasteiger partial charge is 0.248 e. The third kappa shape index (κ3) is 3.33. The number of carbonyl (C=O) groups is 1. The minimum Gasteiger partial charge on any atom is -0.379 e. The van der Waals surface area contributed by atoms with Gasteiger partial charge in [0.15, 0.2) is 0 Å². The molecule has 0 fully saturated rings. The maximum absolute atomic E-state index is 13.7. The molecule has 1 heterocycles. The van der Waals surface area contributed by atoms with Crippen LogP contribution in [0.5, 0.6) is 0 Å². The minimum absolute atomic E-state index is 0.138. The monoisotopic (exact) mass is 337 g/mol. The van der Waals surface area contributed by atoms with Crippen molar-refractivity contribution in [2.45, 2.75) is 13.5 Å². The molecule has 0 aliphatic rings. The fraction of sp³-hybridized carbons (Fsp3) is 0.143. The first-order chi connectivity index (χ1) is 9.47. The Morgan fingerprint density at radius 1 is 1.45 bits per heavy atom. The quantitative estimate of drug-likeness (QED) is 0.901. The van der Waals surface area contributed by atoms with Crippen LogP contribution in [0.2, 0.25) is 0 Å². The van der Waals surface area contributed by atoms with Gasteiger partial charge in [0.25, 0.3) is 0 Å². The fourth-order valence-electron chi connectivity index (χ4n) is 1.70. The molecule has 1 aromatic carbocycles. The predicted molar refractivity (Wildman–Crippen MR) is 78.9 cm³/mol. The summed E-state index contributed by atoms with van der Waals surface area (Å²) in [5.74, 6) is -1.12. The number of pyridine rings is 1. The van der Waals surface area contributed by atoms with Crippen LogP contribution in [0.15, 0.2) is 34.9 Å². The van der Waals surface area contributed by atoms with Gasteiger partial charge in [0.05, 0.1) is 12.2 Å². The van der Waals surface area contributed by atoms with Crippen LogP contribution >= 0.6 is 15.9 Å². The van der Waals surface area contributed by atoms with Crippen LogP contribution in [0.4, 0.5) is 10.1 Å². The van der Waals surface area contributed by atoms with Crippen LogP contribution in [0.3, 0.4) is 0 Å². The molecule has 0 bridgehead atoms. The van der Waals surface area contributed by atoms with Gasteiger partial charge in [-0.05, 0) is 47.1 Å². The molecule has 20 heavy (non-hydrogen) atoms. The van der Waals surface area contributed by atoms with E-state index in [1.54, 1.807) is 19.2 Å². The average Bonchev–Trinajstić information content (AvgIpc) is 2.42. The van der Waals surface area contributed by atoms with Crippen molar-refractivity contribution in [2.24, 2.45) is 5.73 Å². The SMILES string of the molecule is Cc1c(F)cc(C(N)=O)cc1NCc1ccc(Br)cn1. The van der Waals surface area contributed by atoms with Gasteiger partial charge in [0.1, 0.15) is 5.82 Å². The standard InChI is InChI=1S/C14H13BrFN3O/c1-8-12(16)4-9(14(17)20)5-13(8)19-7-11-3-2-10(15)6-18-11/h2-6,19H,7H2,1H3,(H2,17,20). The maximum Gasteiger partial charge on any atom is 0.248 e. The number of benzene rings is 1. The van der Waals surface area contributed by atoms with Gasteiger partial charge in [-0.1, -0.05) is 0 Å². The number of halogens is 2. The summed E-state index contributed by atoms with van der Waals surface area (Å²) in [7, 11) is 0. The molecule has 2 rings (SSSR count). The highest BCUT2D eigenvalue weighted by Crippen LogP contribution is 2.21. The molecule has 2 aromatic rings. The maximum atomic E-state index is 13.7. The number of anilines is 1. The molecule has 1 aromatic heterocycles. The van der Waals surface area contributed by atoms with Crippen LogP contribution in [0.1, 0.15) is 21.6 Å². The molecule has 104 valence electrons. The van der Waals surface area contributed by atoms with Gasteiger partial charge in [-0.25, -0.2) is 4.39 Å². The lowest BCUT2D eigenvalue weighted by Crippen LogP contribution is -2.13. The Balaban J connectivity index is 2.20. The Bertz CT molecular complexity index is 644. The van der Waals surface area contributed by atoms with Crippen LogP contribution < -0.4 is 11.1 Å². The number of carbonyl (C=O) groups excluding carboxylic acids is 1. The lowest BCUT2D eigenvalue weighted by molar-refractivity contribution is 0.1000.